The van der Waals surface area contributed by atoms with E-state index < -0.39 is 0 Å². The molecule has 188 valence electrons. The highest BCUT2D eigenvalue weighted by Crippen LogP contribution is 2.34. The van der Waals surface area contributed by atoms with E-state index in [1.165, 1.54) is 19.3 Å². The number of pyridine rings is 3. The topological polar surface area (TPSA) is 108 Å². The third kappa shape index (κ3) is 4.29. The summed E-state index contributed by atoms with van der Waals surface area (Å²) in [5.41, 5.74) is 5.57. The number of nitrogens with zero attached hydrogens (tertiary/aromatic N) is 5. The standard InChI is InChI=1S/C28H30N8O/c1-2-10-36(11-3-1)28-22-14-25(33-24(22)6-9-31-28)26-23-13-19(16-32-27(23)35-34-26)18-12-21(17-30-15-18)37-20-4-7-29-8-5-20/h6,9,12-17,20,29,33H,1-5,7-8,10-11H2,(H,32,34,35). The number of rotatable bonds is 5. The first-order valence-electron chi connectivity index (χ1n) is 13.2. The molecule has 3 N–H and O–H groups in total. The van der Waals surface area contributed by atoms with Crippen LogP contribution in [0.15, 0.2) is 49.1 Å². The van der Waals surface area contributed by atoms with Crippen molar-refractivity contribution < 1.29 is 4.74 Å². The molecule has 37 heavy (non-hydrogen) atoms. The second-order valence-electron chi connectivity index (χ2n) is 10.00. The van der Waals surface area contributed by atoms with Crippen LogP contribution in [0.5, 0.6) is 5.75 Å². The van der Waals surface area contributed by atoms with Gasteiger partial charge in [0.05, 0.1) is 17.4 Å². The van der Waals surface area contributed by atoms with Crippen molar-refractivity contribution in [1.82, 2.24) is 35.5 Å². The van der Waals surface area contributed by atoms with Crippen molar-refractivity contribution in [2.24, 2.45) is 0 Å². The van der Waals surface area contributed by atoms with Crippen LogP contribution < -0.4 is 15.0 Å². The number of fused-ring (bicyclic) bond motifs is 2. The number of ether oxygens (including phenoxy) is 1. The van der Waals surface area contributed by atoms with E-state index in [1.54, 1.807) is 6.20 Å². The van der Waals surface area contributed by atoms with E-state index in [2.05, 4.69) is 53.6 Å². The van der Waals surface area contributed by atoms with Gasteiger partial charge in [0.1, 0.15) is 23.4 Å². The lowest BCUT2D eigenvalue weighted by Crippen LogP contribution is -2.34. The third-order valence-corrected chi connectivity index (χ3v) is 7.49. The fourth-order valence-corrected chi connectivity index (χ4v) is 5.54. The highest BCUT2D eigenvalue weighted by molar-refractivity contribution is 5.99. The highest BCUT2D eigenvalue weighted by Gasteiger charge is 2.19. The molecule has 9 nitrogen and oxygen atoms in total. The molecular formula is C28H30N8O. The zero-order chi connectivity index (χ0) is 24.6. The van der Waals surface area contributed by atoms with Gasteiger partial charge >= 0.3 is 0 Å². The molecule has 2 saturated heterocycles. The molecule has 7 heterocycles. The molecule has 2 fully saturated rings. The molecule has 2 aliphatic heterocycles. The Hall–Kier alpha value is -3.98. The number of nitrogens with one attached hydrogen (secondary N) is 3. The summed E-state index contributed by atoms with van der Waals surface area (Å²) in [5, 5.41) is 13.2. The molecule has 5 aromatic heterocycles. The van der Waals surface area contributed by atoms with Gasteiger partial charge in [-0.05, 0) is 69.5 Å². The SMILES string of the molecule is c1cc2[nH]c(-c3n[nH]c4ncc(-c5cncc(OC6CCNCC6)c5)cc34)cc2c(N2CCCCC2)n1. The van der Waals surface area contributed by atoms with Crippen molar-refractivity contribution in [1.29, 1.82) is 0 Å². The second-order valence-corrected chi connectivity index (χ2v) is 10.00. The van der Waals surface area contributed by atoms with Gasteiger partial charge in [0.2, 0.25) is 0 Å². The summed E-state index contributed by atoms with van der Waals surface area (Å²) in [6.45, 7) is 4.09. The zero-order valence-electron chi connectivity index (χ0n) is 20.7. The summed E-state index contributed by atoms with van der Waals surface area (Å²) in [6, 6.07) is 8.38. The lowest BCUT2D eigenvalue weighted by atomic mass is 10.1. The molecule has 0 atom stereocenters. The van der Waals surface area contributed by atoms with Crippen LogP contribution in [0.4, 0.5) is 5.82 Å². The summed E-state index contributed by atoms with van der Waals surface area (Å²) in [6.07, 6.45) is 13.4. The van der Waals surface area contributed by atoms with Crippen LogP contribution in [-0.4, -0.2) is 62.4 Å². The van der Waals surface area contributed by atoms with Gasteiger partial charge in [-0.1, -0.05) is 0 Å². The Balaban J connectivity index is 1.23. The number of H-pyrrole nitrogens is 2. The predicted molar refractivity (Wildman–Crippen MR) is 145 cm³/mol. The highest BCUT2D eigenvalue weighted by atomic mass is 16.5. The third-order valence-electron chi connectivity index (χ3n) is 7.49. The number of piperidine rings is 2. The molecule has 0 aromatic carbocycles. The monoisotopic (exact) mass is 494 g/mol. The summed E-state index contributed by atoms with van der Waals surface area (Å²) in [7, 11) is 0. The Labute approximate surface area is 214 Å². The fraction of sp³-hybridized carbons (Fsp3) is 0.357. The Morgan fingerprint density at radius 2 is 1.76 bits per heavy atom. The molecule has 9 heteroatoms. The number of aromatic nitrogens is 6. The van der Waals surface area contributed by atoms with Gasteiger partial charge in [-0.25, -0.2) is 9.97 Å². The van der Waals surface area contributed by atoms with Crippen molar-refractivity contribution in [3.8, 4) is 28.3 Å². The van der Waals surface area contributed by atoms with E-state index in [1.807, 2.05) is 24.7 Å². The molecular weight excluding hydrogens is 464 g/mol. The van der Waals surface area contributed by atoms with Crippen LogP contribution >= 0.6 is 0 Å². The molecule has 0 aliphatic carbocycles. The molecule has 2 aliphatic rings. The normalized spacial score (nSPS) is 17.0. The van der Waals surface area contributed by atoms with Crippen molar-refractivity contribution in [3.63, 3.8) is 0 Å². The zero-order valence-corrected chi connectivity index (χ0v) is 20.7. The fourth-order valence-electron chi connectivity index (χ4n) is 5.54. The maximum absolute atomic E-state index is 6.22. The first-order valence-corrected chi connectivity index (χ1v) is 13.2. The van der Waals surface area contributed by atoms with Gasteiger partial charge in [0.15, 0.2) is 5.65 Å². The second kappa shape index (κ2) is 9.48. The molecule has 0 spiro atoms. The van der Waals surface area contributed by atoms with Gasteiger partial charge in [-0.2, -0.15) is 5.10 Å². The van der Waals surface area contributed by atoms with Crippen LogP contribution in [0.25, 0.3) is 44.5 Å². The molecule has 0 bridgehead atoms. The smallest absolute Gasteiger partial charge is 0.155 e. The summed E-state index contributed by atoms with van der Waals surface area (Å²) in [5.74, 6) is 1.85. The van der Waals surface area contributed by atoms with Crippen LogP contribution in [0.3, 0.4) is 0 Å². The van der Waals surface area contributed by atoms with Gasteiger partial charge in [-0.15, -0.1) is 0 Å². The Bertz CT molecular complexity index is 1540. The van der Waals surface area contributed by atoms with Crippen molar-refractivity contribution in [2.75, 3.05) is 31.1 Å². The molecule has 5 aromatic rings. The van der Waals surface area contributed by atoms with Gasteiger partial charge in [0, 0.05) is 53.6 Å². The van der Waals surface area contributed by atoms with Crippen LogP contribution in [0.1, 0.15) is 32.1 Å². The molecule has 0 amide bonds. The van der Waals surface area contributed by atoms with E-state index >= 15 is 0 Å². The van der Waals surface area contributed by atoms with Gasteiger partial charge in [0.25, 0.3) is 0 Å². The van der Waals surface area contributed by atoms with Crippen molar-refractivity contribution in [3.05, 3.63) is 49.1 Å². The van der Waals surface area contributed by atoms with Gasteiger partial charge < -0.3 is 19.9 Å². The van der Waals surface area contributed by atoms with Crippen molar-refractivity contribution >= 4 is 27.8 Å². The van der Waals surface area contributed by atoms with Crippen LogP contribution in [0.2, 0.25) is 0 Å². The summed E-state index contributed by atoms with van der Waals surface area (Å²) < 4.78 is 6.22. The maximum atomic E-state index is 6.22. The number of hydrogen-bond donors (Lipinski definition) is 3. The molecule has 0 radical (unpaired) electrons. The lowest BCUT2D eigenvalue weighted by molar-refractivity contribution is 0.162. The summed E-state index contributed by atoms with van der Waals surface area (Å²) >= 11 is 0. The number of aromatic amines is 2. The summed E-state index contributed by atoms with van der Waals surface area (Å²) in [4.78, 5) is 19.8. The number of hydrogen-bond acceptors (Lipinski definition) is 7. The maximum Gasteiger partial charge on any atom is 0.155 e. The lowest BCUT2D eigenvalue weighted by Gasteiger charge is -2.28. The van der Waals surface area contributed by atoms with Crippen LogP contribution in [-0.2, 0) is 0 Å². The Morgan fingerprint density at radius 3 is 2.65 bits per heavy atom. The molecule has 0 saturated carbocycles. The first-order chi connectivity index (χ1) is 18.3. The van der Waals surface area contributed by atoms with E-state index in [4.69, 9.17) is 9.72 Å². The number of anilines is 1. The minimum absolute atomic E-state index is 0.228. The average molecular weight is 495 g/mol. The Morgan fingerprint density at radius 1 is 0.892 bits per heavy atom. The minimum Gasteiger partial charge on any atom is -0.489 e. The van der Waals surface area contributed by atoms with E-state index in [0.29, 0.717) is 0 Å². The van der Waals surface area contributed by atoms with E-state index in [0.717, 1.165) is 95.0 Å². The Kier molecular flexibility index (Phi) is 5.70. The quantitative estimate of drug-likeness (QED) is 0.325. The van der Waals surface area contributed by atoms with Crippen molar-refractivity contribution in [2.45, 2.75) is 38.2 Å². The molecule has 0 unspecified atom stereocenters. The average Bonchev–Trinajstić information content (AvgIpc) is 3.58. The predicted octanol–water partition coefficient (Wildman–Crippen LogP) is 4.68. The van der Waals surface area contributed by atoms with E-state index in [9.17, 15) is 0 Å². The van der Waals surface area contributed by atoms with Crippen LogP contribution in [0, 0.1) is 0 Å². The van der Waals surface area contributed by atoms with Gasteiger partial charge in [-0.3, -0.25) is 10.1 Å². The molecule has 7 rings (SSSR count). The first kappa shape index (κ1) is 22.2. The largest absolute Gasteiger partial charge is 0.489 e. The minimum atomic E-state index is 0.228. The van der Waals surface area contributed by atoms with E-state index in [-0.39, 0.29) is 6.10 Å².